The highest BCUT2D eigenvalue weighted by Gasteiger charge is 2.60. The predicted molar refractivity (Wildman–Crippen MR) is 145 cm³/mol. The Morgan fingerprint density at radius 3 is 2.64 bits per heavy atom. The lowest BCUT2D eigenvalue weighted by Crippen LogP contribution is -2.63. The minimum Gasteiger partial charge on any atom is -0.456 e. The van der Waals surface area contributed by atoms with E-state index in [9.17, 15) is 24.8 Å². The van der Waals surface area contributed by atoms with Crippen LogP contribution >= 0.6 is 11.8 Å². The first kappa shape index (κ1) is 25.6. The lowest BCUT2D eigenvalue weighted by Gasteiger charge is -2.46. The molecule has 6 rings (SSSR count). The van der Waals surface area contributed by atoms with Gasteiger partial charge in [0.2, 0.25) is 5.91 Å². The summed E-state index contributed by atoms with van der Waals surface area (Å²) in [6.45, 7) is 5.76. The zero-order valence-electron chi connectivity index (χ0n) is 21.5. The lowest BCUT2D eigenvalue weighted by atomic mass is 9.79. The molecule has 0 spiro atoms. The number of benzene rings is 2. The number of thioether (sulfide) groups is 1. The van der Waals surface area contributed by atoms with E-state index in [1.807, 2.05) is 19.1 Å². The second-order valence-corrected chi connectivity index (χ2v) is 11.8. The van der Waals surface area contributed by atoms with Crippen molar-refractivity contribution in [1.82, 2.24) is 9.80 Å². The molecule has 0 radical (unpaired) electrons. The Hall–Kier alpha value is -3.70. The maximum Gasteiger partial charge on any atom is 0.356 e. The number of nitro benzene ring substituents is 1. The summed E-state index contributed by atoms with van der Waals surface area (Å²) in [5.74, 6) is -0.544. The molecule has 2 aromatic rings. The highest BCUT2D eigenvalue weighted by atomic mass is 32.2. The van der Waals surface area contributed by atoms with Crippen LogP contribution in [0.25, 0.3) is 0 Å². The van der Waals surface area contributed by atoms with E-state index >= 15 is 0 Å². The van der Waals surface area contributed by atoms with Crippen molar-refractivity contribution in [2.24, 2.45) is 16.8 Å². The number of nitro groups is 1. The highest BCUT2D eigenvalue weighted by Crippen LogP contribution is 2.52. The fourth-order valence-electron chi connectivity index (χ4n) is 5.86. The van der Waals surface area contributed by atoms with Crippen LogP contribution in [-0.2, 0) is 27.5 Å². The van der Waals surface area contributed by atoms with Gasteiger partial charge in [-0.05, 0) is 30.2 Å². The van der Waals surface area contributed by atoms with Gasteiger partial charge in [-0.3, -0.25) is 19.9 Å². The highest BCUT2D eigenvalue weighted by molar-refractivity contribution is 8.03. The molecule has 1 amide bonds. The van der Waals surface area contributed by atoms with Gasteiger partial charge in [0.1, 0.15) is 18.1 Å². The number of hydrogen-bond acceptors (Lipinski definition) is 9. The topological polar surface area (TPSA) is 126 Å². The molecule has 2 aromatic carbocycles. The van der Waals surface area contributed by atoms with Gasteiger partial charge in [0.05, 0.1) is 29.5 Å². The molecule has 2 fully saturated rings. The van der Waals surface area contributed by atoms with E-state index in [4.69, 9.17) is 9.73 Å². The van der Waals surface area contributed by atoms with Crippen molar-refractivity contribution in [3.63, 3.8) is 0 Å². The first-order valence-corrected chi connectivity index (χ1v) is 13.8. The number of aliphatic imine (C=N–C) groups is 1. The molecule has 1 N–H and O–H groups in total. The number of rotatable bonds is 7. The normalized spacial score (nSPS) is 24.5. The van der Waals surface area contributed by atoms with Crippen molar-refractivity contribution in [1.29, 1.82) is 0 Å². The second-order valence-electron chi connectivity index (χ2n) is 10.4. The molecule has 0 bridgehead atoms. The van der Waals surface area contributed by atoms with Crippen LogP contribution < -0.4 is 0 Å². The summed E-state index contributed by atoms with van der Waals surface area (Å²) in [5.41, 5.74) is 3.20. The van der Waals surface area contributed by atoms with Crippen molar-refractivity contribution >= 4 is 35.2 Å². The average molecular weight is 549 g/mol. The Balaban J connectivity index is 1.18. The summed E-state index contributed by atoms with van der Waals surface area (Å²) in [5, 5.41) is 21.4. The SMILES string of the molecule is C[C@@H](O)[C@H]1C(=O)N2C(C(=O)OCc3ccc([N+](=O)[O-])cc3)=C(SC3CN(C4=NCc5ccccc54)C3)[C@H](C)[C@H]12. The zero-order chi connectivity index (χ0) is 27.4. The summed E-state index contributed by atoms with van der Waals surface area (Å²) in [4.78, 5) is 46.1. The van der Waals surface area contributed by atoms with Gasteiger partial charge in [0.15, 0.2) is 0 Å². The molecule has 4 aliphatic rings. The molecular weight excluding hydrogens is 520 g/mol. The van der Waals surface area contributed by atoms with Gasteiger partial charge in [0.25, 0.3) is 5.69 Å². The number of amidine groups is 1. The Morgan fingerprint density at radius 1 is 1.23 bits per heavy atom. The predicted octanol–water partition coefficient (Wildman–Crippen LogP) is 3.08. The quantitative estimate of drug-likeness (QED) is 0.242. The molecule has 4 aliphatic heterocycles. The first-order chi connectivity index (χ1) is 18.7. The van der Waals surface area contributed by atoms with Gasteiger partial charge >= 0.3 is 5.97 Å². The maximum absolute atomic E-state index is 13.4. The van der Waals surface area contributed by atoms with Gasteiger partial charge in [-0.1, -0.05) is 31.2 Å². The van der Waals surface area contributed by atoms with E-state index in [1.165, 1.54) is 28.2 Å². The number of aliphatic hydroxyl groups is 1. The Labute approximate surface area is 229 Å². The largest absolute Gasteiger partial charge is 0.456 e. The molecule has 11 heteroatoms. The summed E-state index contributed by atoms with van der Waals surface area (Å²) >= 11 is 1.60. The Bertz CT molecular complexity index is 1420. The molecule has 202 valence electrons. The third-order valence-corrected chi connectivity index (χ3v) is 9.37. The van der Waals surface area contributed by atoms with Crippen LogP contribution in [0.3, 0.4) is 0 Å². The molecule has 0 aliphatic carbocycles. The van der Waals surface area contributed by atoms with E-state index in [1.54, 1.807) is 30.8 Å². The number of amides is 1. The molecular formula is C28H28N4O6S. The van der Waals surface area contributed by atoms with Gasteiger partial charge in [-0.15, -0.1) is 11.8 Å². The summed E-state index contributed by atoms with van der Waals surface area (Å²) in [6, 6.07) is 13.7. The lowest BCUT2D eigenvalue weighted by molar-refractivity contribution is -0.384. The number of aliphatic hydroxyl groups excluding tert-OH is 1. The van der Waals surface area contributed by atoms with Crippen molar-refractivity contribution < 1.29 is 24.4 Å². The number of carbonyl (C=O) groups is 2. The Kier molecular flexibility index (Phi) is 6.43. The molecule has 2 saturated heterocycles. The Morgan fingerprint density at radius 2 is 1.95 bits per heavy atom. The first-order valence-electron chi connectivity index (χ1n) is 12.9. The van der Waals surface area contributed by atoms with Crippen molar-refractivity contribution in [3.05, 3.63) is 85.9 Å². The summed E-state index contributed by atoms with van der Waals surface area (Å²) in [6.07, 6.45) is -0.817. The molecule has 4 atom stereocenters. The third kappa shape index (κ3) is 4.29. The van der Waals surface area contributed by atoms with E-state index in [2.05, 4.69) is 17.0 Å². The number of hydrogen-bond donors (Lipinski definition) is 1. The number of β-lactam (4-membered cyclic amide) rings is 1. The van der Waals surface area contributed by atoms with E-state index in [0.29, 0.717) is 12.1 Å². The van der Waals surface area contributed by atoms with E-state index in [-0.39, 0.29) is 41.1 Å². The smallest absolute Gasteiger partial charge is 0.356 e. The van der Waals surface area contributed by atoms with Gasteiger partial charge in [0, 0.05) is 46.9 Å². The van der Waals surface area contributed by atoms with Gasteiger partial charge in [-0.2, -0.15) is 0 Å². The fourth-order valence-corrected chi connectivity index (χ4v) is 7.37. The van der Waals surface area contributed by atoms with Crippen LogP contribution in [0.4, 0.5) is 5.69 Å². The van der Waals surface area contributed by atoms with Crippen LogP contribution in [0.15, 0.2) is 64.1 Å². The molecule has 10 nitrogen and oxygen atoms in total. The molecule has 0 saturated carbocycles. The molecule has 39 heavy (non-hydrogen) atoms. The van der Waals surface area contributed by atoms with Crippen molar-refractivity contribution in [2.75, 3.05) is 13.1 Å². The number of non-ortho nitro benzene ring substituents is 1. The number of likely N-dealkylation sites (tertiary alicyclic amines) is 1. The summed E-state index contributed by atoms with van der Waals surface area (Å²) < 4.78 is 5.60. The van der Waals surface area contributed by atoms with Gasteiger partial charge < -0.3 is 19.6 Å². The minimum absolute atomic E-state index is 0.0455. The van der Waals surface area contributed by atoms with Crippen LogP contribution in [0, 0.1) is 22.0 Å². The van der Waals surface area contributed by atoms with Crippen LogP contribution in [0.1, 0.15) is 30.5 Å². The maximum atomic E-state index is 13.4. The van der Waals surface area contributed by atoms with Crippen molar-refractivity contribution in [3.8, 4) is 0 Å². The second kappa shape index (κ2) is 9.80. The third-order valence-electron chi connectivity index (χ3n) is 7.92. The standard InChI is InChI=1S/C28H28N4O6S/c1-15-23-22(16(2)33)27(34)31(23)24(28(35)38-14-17-7-9-19(10-8-17)32(36)37)25(15)39-20-12-30(13-20)26-21-6-4-3-5-18(21)11-29-26/h3-10,15-16,20,22-23,33H,11-14H2,1-2H3/t15-,16-,22-,23-/m1/s1. The van der Waals surface area contributed by atoms with Crippen LogP contribution in [0.5, 0.6) is 0 Å². The van der Waals surface area contributed by atoms with Gasteiger partial charge in [-0.25, -0.2) is 4.79 Å². The van der Waals surface area contributed by atoms with E-state index in [0.717, 1.165) is 23.8 Å². The fraction of sp³-hybridized carbons (Fsp3) is 0.393. The molecule has 0 unspecified atom stereocenters. The van der Waals surface area contributed by atoms with E-state index < -0.39 is 22.9 Å². The zero-order valence-corrected chi connectivity index (χ0v) is 22.3. The molecule has 4 heterocycles. The molecule has 0 aromatic heterocycles. The minimum atomic E-state index is -0.817. The number of esters is 1. The number of nitrogens with zero attached hydrogens (tertiary/aromatic N) is 4. The number of ether oxygens (including phenoxy) is 1. The van der Waals surface area contributed by atoms with Crippen LogP contribution in [-0.4, -0.2) is 68.0 Å². The monoisotopic (exact) mass is 548 g/mol. The van der Waals surface area contributed by atoms with Crippen molar-refractivity contribution in [2.45, 2.75) is 44.4 Å². The summed E-state index contributed by atoms with van der Waals surface area (Å²) in [7, 11) is 0. The number of carbonyl (C=O) groups excluding carboxylic acids is 2. The average Bonchev–Trinajstić information content (AvgIpc) is 3.41. The number of fused-ring (bicyclic) bond motifs is 2. The van der Waals surface area contributed by atoms with Crippen LogP contribution in [0.2, 0.25) is 0 Å².